The van der Waals surface area contributed by atoms with Crippen LogP contribution in [0.25, 0.3) is 0 Å². The number of rotatable bonds is 1. The van der Waals surface area contributed by atoms with E-state index in [1.807, 2.05) is 18.2 Å². The highest BCUT2D eigenvalue weighted by Gasteiger charge is 2.25. The van der Waals surface area contributed by atoms with E-state index in [-0.39, 0.29) is 4.83 Å². The summed E-state index contributed by atoms with van der Waals surface area (Å²) in [6.45, 7) is 0. The fourth-order valence-electron chi connectivity index (χ4n) is 1.85. The molecule has 0 heterocycles. The van der Waals surface area contributed by atoms with Crippen LogP contribution < -0.4 is 4.74 Å². The number of methoxy groups -OCH3 is 1. The first-order valence-corrected chi connectivity index (χ1v) is 5.63. The van der Waals surface area contributed by atoms with Gasteiger partial charge >= 0.3 is 0 Å². The summed E-state index contributed by atoms with van der Waals surface area (Å²) >= 11 is 3.48. The summed E-state index contributed by atoms with van der Waals surface area (Å²) in [5.41, 5.74) is 2.23. The van der Waals surface area contributed by atoms with Crippen molar-refractivity contribution in [3.8, 4) is 5.75 Å². The van der Waals surface area contributed by atoms with Crippen molar-refractivity contribution in [3.63, 3.8) is 0 Å². The first-order valence-electron chi connectivity index (χ1n) is 4.71. The van der Waals surface area contributed by atoms with Gasteiger partial charge in [0.1, 0.15) is 5.75 Å². The van der Waals surface area contributed by atoms with E-state index in [0.29, 0.717) is 0 Å². The van der Waals surface area contributed by atoms with E-state index in [1.165, 1.54) is 5.56 Å². The zero-order valence-corrected chi connectivity index (χ0v) is 9.62. The molecule has 1 aliphatic carbocycles. The van der Waals surface area contributed by atoms with Gasteiger partial charge in [-0.15, -0.1) is 0 Å². The Bertz CT molecular complexity index is 338. The van der Waals surface area contributed by atoms with Crippen LogP contribution in [0.5, 0.6) is 5.75 Å². The van der Waals surface area contributed by atoms with Crippen LogP contribution in [0.3, 0.4) is 0 Å². The molecule has 0 fully saturated rings. The van der Waals surface area contributed by atoms with Gasteiger partial charge in [-0.3, -0.25) is 0 Å². The number of halogens is 1. The average Bonchev–Trinajstić information content (AvgIpc) is 2.23. The Kier molecular flexibility index (Phi) is 2.79. The maximum atomic E-state index is 9.95. The molecule has 0 spiro atoms. The normalized spacial score (nSPS) is 25.6. The molecule has 0 aromatic heterocycles. The maximum absolute atomic E-state index is 9.95. The van der Waals surface area contributed by atoms with Gasteiger partial charge in [0.05, 0.1) is 13.2 Å². The summed E-state index contributed by atoms with van der Waals surface area (Å²) in [6, 6.07) is 5.91. The second-order valence-corrected chi connectivity index (χ2v) is 4.74. The molecule has 0 saturated carbocycles. The number of alkyl halides is 1. The highest BCUT2D eigenvalue weighted by atomic mass is 79.9. The van der Waals surface area contributed by atoms with Gasteiger partial charge in [-0.25, -0.2) is 0 Å². The minimum absolute atomic E-state index is 0.169. The maximum Gasteiger partial charge on any atom is 0.119 e. The molecule has 2 rings (SSSR count). The molecule has 1 aliphatic rings. The van der Waals surface area contributed by atoms with Gasteiger partial charge in [-0.1, -0.05) is 22.0 Å². The minimum atomic E-state index is -0.408. The Hall–Kier alpha value is -0.540. The zero-order chi connectivity index (χ0) is 10.1. The summed E-state index contributed by atoms with van der Waals surface area (Å²) < 4.78 is 5.14. The third-order valence-corrected chi connectivity index (χ3v) is 3.66. The van der Waals surface area contributed by atoms with Crippen LogP contribution in [0.2, 0.25) is 0 Å². The van der Waals surface area contributed by atoms with Crippen molar-refractivity contribution >= 4 is 15.9 Å². The van der Waals surface area contributed by atoms with Crippen molar-refractivity contribution in [2.45, 2.75) is 23.8 Å². The Labute approximate surface area is 92.0 Å². The number of benzene rings is 1. The lowest BCUT2D eigenvalue weighted by molar-refractivity contribution is 0.165. The van der Waals surface area contributed by atoms with E-state index < -0.39 is 6.10 Å². The fourth-order valence-corrected chi connectivity index (χ4v) is 2.36. The Morgan fingerprint density at radius 3 is 3.00 bits per heavy atom. The Morgan fingerprint density at radius 1 is 1.50 bits per heavy atom. The predicted molar refractivity (Wildman–Crippen MR) is 59.0 cm³/mol. The molecule has 14 heavy (non-hydrogen) atoms. The molecule has 0 aliphatic heterocycles. The molecule has 0 saturated heterocycles. The van der Waals surface area contributed by atoms with Crippen molar-refractivity contribution in [1.29, 1.82) is 0 Å². The second kappa shape index (κ2) is 3.91. The van der Waals surface area contributed by atoms with Gasteiger partial charge in [-0.2, -0.15) is 0 Å². The van der Waals surface area contributed by atoms with Crippen LogP contribution in [-0.4, -0.2) is 17.0 Å². The molecular formula is C11H13BrO2. The zero-order valence-electron chi connectivity index (χ0n) is 8.03. The summed E-state index contributed by atoms with van der Waals surface area (Å²) in [5.74, 6) is 0.810. The largest absolute Gasteiger partial charge is 0.497 e. The molecule has 2 nitrogen and oxygen atoms in total. The van der Waals surface area contributed by atoms with E-state index in [4.69, 9.17) is 4.74 Å². The number of aryl methyl sites for hydroxylation is 1. The molecule has 0 radical (unpaired) electrons. The number of ether oxygens (including phenoxy) is 1. The van der Waals surface area contributed by atoms with E-state index in [0.717, 1.165) is 24.2 Å². The molecular weight excluding hydrogens is 244 g/mol. The number of hydrogen-bond donors (Lipinski definition) is 1. The molecule has 76 valence electrons. The summed E-state index contributed by atoms with van der Waals surface area (Å²) in [4.78, 5) is 0.169. The first kappa shape index (κ1) is 9.99. The second-order valence-electron chi connectivity index (χ2n) is 3.56. The van der Waals surface area contributed by atoms with Crippen LogP contribution in [0.1, 0.15) is 23.7 Å². The lowest BCUT2D eigenvalue weighted by atomic mass is 9.89. The molecule has 2 atom stereocenters. The average molecular weight is 257 g/mol. The van der Waals surface area contributed by atoms with E-state index in [2.05, 4.69) is 15.9 Å². The molecule has 1 N–H and O–H groups in total. The highest BCUT2D eigenvalue weighted by molar-refractivity contribution is 9.09. The summed E-state index contributed by atoms with van der Waals surface area (Å²) in [7, 11) is 1.64. The van der Waals surface area contributed by atoms with Gasteiger partial charge < -0.3 is 9.84 Å². The first-order chi connectivity index (χ1) is 6.72. The van der Waals surface area contributed by atoms with Crippen LogP contribution >= 0.6 is 15.9 Å². The van der Waals surface area contributed by atoms with Crippen molar-refractivity contribution in [2.24, 2.45) is 0 Å². The van der Waals surface area contributed by atoms with Crippen molar-refractivity contribution < 1.29 is 9.84 Å². The Morgan fingerprint density at radius 2 is 2.29 bits per heavy atom. The lowest BCUT2D eigenvalue weighted by Crippen LogP contribution is -2.20. The smallest absolute Gasteiger partial charge is 0.119 e. The van der Waals surface area contributed by atoms with Gasteiger partial charge in [0.25, 0.3) is 0 Å². The van der Waals surface area contributed by atoms with Gasteiger partial charge in [0.2, 0.25) is 0 Å². The fraction of sp³-hybridized carbons (Fsp3) is 0.455. The number of aliphatic hydroxyl groups is 1. The van der Waals surface area contributed by atoms with E-state index >= 15 is 0 Å². The Balaban J connectivity index is 2.41. The van der Waals surface area contributed by atoms with Gasteiger partial charge in [-0.05, 0) is 36.1 Å². The van der Waals surface area contributed by atoms with Crippen molar-refractivity contribution in [1.82, 2.24) is 0 Å². The molecule has 0 amide bonds. The highest BCUT2D eigenvalue weighted by Crippen LogP contribution is 2.35. The predicted octanol–water partition coefficient (Wildman–Crippen LogP) is 2.44. The lowest BCUT2D eigenvalue weighted by Gasteiger charge is -2.26. The number of fused-ring (bicyclic) bond motifs is 1. The van der Waals surface area contributed by atoms with E-state index in [9.17, 15) is 5.11 Å². The molecule has 1 aromatic rings. The van der Waals surface area contributed by atoms with Crippen molar-refractivity contribution in [3.05, 3.63) is 29.3 Å². The molecule has 0 bridgehead atoms. The summed E-state index contributed by atoms with van der Waals surface area (Å²) in [6.07, 6.45) is 1.60. The molecule has 3 heteroatoms. The third kappa shape index (κ3) is 1.66. The van der Waals surface area contributed by atoms with E-state index in [1.54, 1.807) is 7.11 Å². The quantitative estimate of drug-likeness (QED) is 0.783. The SMILES string of the molecule is COc1ccc2c(c1)[C@H](O)[C@@H](Br)CC2. The standard InChI is InChI=1S/C11H13BrO2/c1-14-8-4-2-7-3-5-10(12)11(13)9(7)6-8/h2,4,6,10-11,13H,3,5H2,1H3/t10-,11-/m0/s1. The van der Waals surface area contributed by atoms with Crippen LogP contribution in [0.15, 0.2) is 18.2 Å². The minimum Gasteiger partial charge on any atom is -0.497 e. The molecule has 1 aromatic carbocycles. The van der Waals surface area contributed by atoms with Crippen LogP contribution in [-0.2, 0) is 6.42 Å². The molecule has 0 unspecified atom stereocenters. The topological polar surface area (TPSA) is 29.5 Å². The van der Waals surface area contributed by atoms with Crippen LogP contribution in [0, 0.1) is 0 Å². The van der Waals surface area contributed by atoms with Crippen molar-refractivity contribution in [2.75, 3.05) is 7.11 Å². The van der Waals surface area contributed by atoms with Gasteiger partial charge in [0, 0.05) is 4.83 Å². The summed E-state index contributed by atoms with van der Waals surface area (Å²) in [5, 5.41) is 9.95. The number of aliphatic hydroxyl groups excluding tert-OH is 1. The van der Waals surface area contributed by atoms with Gasteiger partial charge in [0.15, 0.2) is 0 Å². The number of hydrogen-bond acceptors (Lipinski definition) is 2. The third-order valence-electron chi connectivity index (χ3n) is 2.70. The monoisotopic (exact) mass is 256 g/mol. The van der Waals surface area contributed by atoms with Crippen LogP contribution in [0.4, 0.5) is 0 Å².